The van der Waals surface area contributed by atoms with Crippen molar-refractivity contribution in [2.75, 3.05) is 42.9 Å². The van der Waals surface area contributed by atoms with Crippen molar-refractivity contribution in [3.8, 4) is 11.3 Å². The third-order valence-electron chi connectivity index (χ3n) is 6.04. The zero-order valence-electron chi connectivity index (χ0n) is 17.1. The van der Waals surface area contributed by atoms with E-state index in [1.54, 1.807) is 23.5 Å². The number of fused-ring (bicyclic) bond motifs is 1. The number of hydrogen-bond acceptors (Lipinski definition) is 6. The molecular formula is C22H27FN6S. The van der Waals surface area contributed by atoms with Gasteiger partial charge >= 0.3 is 0 Å². The Morgan fingerprint density at radius 2 is 1.87 bits per heavy atom. The van der Waals surface area contributed by atoms with Gasteiger partial charge in [0.05, 0.1) is 0 Å². The summed E-state index contributed by atoms with van der Waals surface area (Å²) in [4.78, 5) is 10.5. The van der Waals surface area contributed by atoms with Gasteiger partial charge in [0.15, 0.2) is 5.82 Å². The summed E-state index contributed by atoms with van der Waals surface area (Å²) in [5.41, 5.74) is 1.76. The van der Waals surface area contributed by atoms with E-state index in [2.05, 4.69) is 21.7 Å². The molecule has 0 radical (unpaired) electrons. The molecule has 1 saturated carbocycles. The summed E-state index contributed by atoms with van der Waals surface area (Å²) in [7, 11) is 0. The van der Waals surface area contributed by atoms with Crippen LogP contribution in [0.15, 0.2) is 36.9 Å². The number of anilines is 2. The van der Waals surface area contributed by atoms with Gasteiger partial charge in [0.25, 0.3) is 0 Å². The summed E-state index contributed by atoms with van der Waals surface area (Å²) in [6.07, 6.45) is 6.80. The maximum absolute atomic E-state index is 13.4. The van der Waals surface area contributed by atoms with Crippen molar-refractivity contribution in [2.24, 2.45) is 0 Å². The molecule has 30 heavy (non-hydrogen) atoms. The normalized spacial score (nSPS) is 18.4. The average molecular weight is 427 g/mol. The first-order valence-corrected chi connectivity index (χ1v) is 11.5. The molecular weight excluding hydrogens is 399 g/mol. The van der Waals surface area contributed by atoms with Gasteiger partial charge in [-0.2, -0.15) is 4.52 Å². The molecule has 0 unspecified atom stereocenters. The first kappa shape index (κ1) is 19.5. The van der Waals surface area contributed by atoms with E-state index in [0.717, 1.165) is 59.9 Å². The van der Waals surface area contributed by atoms with Gasteiger partial charge in [0.2, 0.25) is 10.1 Å². The largest absolute Gasteiger partial charge is 0.365 e. The summed E-state index contributed by atoms with van der Waals surface area (Å²) in [5.74, 6) is 0.692. The van der Waals surface area contributed by atoms with Gasteiger partial charge in [-0.25, -0.2) is 9.37 Å². The minimum Gasteiger partial charge on any atom is -0.365 e. The highest BCUT2D eigenvalue weighted by atomic mass is 32.1. The van der Waals surface area contributed by atoms with Gasteiger partial charge in [0.1, 0.15) is 11.5 Å². The van der Waals surface area contributed by atoms with E-state index in [1.807, 2.05) is 10.6 Å². The van der Waals surface area contributed by atoms with Crippen molar-refractivity contribution in [2.45, 2.75) is 31.7 Å². The van der Waals surface area contributed by atoms with E-state index in [0.29, 0.717) is 6.04 Å². The quantitative estimate of drug-likeness (QED) is 0.597. The van der Waals surface area contributed by atoms with Crippen LogP contribution in [0.2, 0.25) is 0 Å². The molecule has 0 bridgehead atoms. The molecule has 3 aromatic rings. The van der Waals surface area contributed by atoms with Crippen LogP contribution in [0.1, 0.15) is 25.7 Å². The van der Waals surface area contributed by atoms with Gasteiger partial charge < -0.3 is 10.2 Å². The number of aromatic nitrogens is 3. The monoisotopic (exact) mass is 426 g/mol. The summed E-state index contributed by atoms with van der Waals surface area (Å²) in [6, 6.07) is 7.01. The minimum absolute atomic E-state index is 0.235. The fourth-order valence-electron chi connectivity index (χ4n) is 4.37. The molecule has 1 aliphatic heterocycles. The van der Waals surface area contributed by atoms with Crippen LogP contribution < -0.4 is 10.2 Å². The van der Waals surface area contributed by atoms with E-state index in [-0.39, 0.29) is 5.82 Å². The summed E-state index contributed by atoms with van der Waals surface area (Å²) in [5, 5.41) is 9.65. The highest BCUT2D eigenvalue weighted by molar-refractivity contribution is 7.20. The summed E-state index contributed by atoms with van der Waals surface area (Å²) >= 11 is 1.62. The molecule has 2 aliphatic rings. The number of imidazole rings is 1. The number of hydrogen-bond donors (Lipinski definition) is 1. The van der Waals surface area contributed by atoms with Crippen molar-refractivity contribution >= 4 is 27.2 Å². The molecule has 3 heterocycles. The second-order valence-corrected chi connectivity index (χ2v) is 9.03. The first-order valence-electron chi connectivity index (χ1n) is 10.7. The van der Waals surface area contributed by atoms with Crippen LogP contribution >= 0.6 is 11.3 Å². The molecule has 2 aromatic heterocycles. The van der Waals surface area contributed by atoms with Crippen molar-refractivity contribution in [3.05, 3.63) is 42.7 Å². The number of halogens is 1. The van der Waals surface area contributed by atoms with Crippen molar-refractivity contribution in [3.63, 3.8) is 0 Å². The predicted molar refractivity (Wildman–Crippen MR) is 121 cm³/mol. The Bertz CT molecular complexity index is 1010. The zero-order chi connectivity index (χ0) is 20.5. The second-order valence-electron chi connectivity index (χ2n) is 8.10. The van der Waals surface area contributed by atoms with Crippen molar-refractivity contribution in [1.29, 1.82) is 0 Å². The van der Waals surface area contributed by atoms with Gasteiger partial charge in [-0.1, -0.05) is 30.3 Å². The third-order valence-corrected chi connectivity index (χ3v) is 7.01. The van der Waals surface area contributed by atoms with E-state index in [9.17, 15) is 4.39 Å². The van der Waals surface area contributed by atoms with Crippen LogP contribution in [-0.4, -0.2) is 58.3 Å². The highest BCUT2D eigenvalue weighted by Crippen LogP contribution is 2.35. The topological polar surface area (TPSA) is 48.7 Å². The predicted octanol–water partition coefficient (Wildman–Crippen LogP) is 4.26. The summed E-state index contributed by atoms with van der Waals surface area (Å²) in [6.45, 7) is 8.72. The van der Waals surface area contributed by atoms with Gasteiger partial charge in [-0.3, -0.25) is 4.90 Å². The maximum Gasteiger partial charge on any atom is 0.216 e. The van der Waals surface area contributed by atoms with Crippen LogP contribution in [0.3, 0.4) is 0 Å². The van der Waals surface area contributed by atoms with E-state index < -0.39 is 0 Å². The number of benzene rings is 1. The summed E-state index contributed by atoms with van der Waals surface area (Å²) < 4.78 is 15.4. The average Bonchev–Trinajstić information content (AvgIpc) is 3.48. The molecule has 1 N–H and O–H groups in total. The molecule has 158 valence electrons. The Morgan fingerprint density at radius 3 is 2.57 bits per heavy atom. The smallest absolute Gasteiger partial charge is 0.216 e. The second kappa shape index (κ2) is 8.35. The lowest BCUT2D eigenvalue weighted by Gasteiger charge is -2.33. The Morgan fingerprint density at radius 1 is 1.13 bits per heavy atom. The molecule has 8 heteroatoms. The minimum atomic E-state index is -0.235. The van der Waals surface area contributed by atoms with Gasteiger partial charge in [-0.15, -0.1) is 11.7 Å². The Hall–Kier alpha value is -2.45. The van der Waals surface area contributed by atoms with E-state index in [4.69, 9.17) is 10.1 Å². The molecule has 2 fully saturated rings. The van der Waals surface area contributed by atoms with Crippen LogP contribution in [0, 0.1) is 5.82 Å². The molecule has 0 amide bonds. The maximum atomic E-state index is 13.4. The molecule has 0 spiro atoms. The lowest BCUT2D eigenvalue weighted by molar-refractivity contribution is 0.284. The lowest BCUT2D eigenvalue weighted by atomic mass is 10.1. The molecule has 1 aromatic carbocycles. The van der Waals surface area contributed by atoms with Crippen molar-refractivity contribution < 1.29 is 4.39 Å². The molecule has 6 nitrogen and oxygen atoms in total. The van der Waals surface area contributed by atoms with Gasteiger partial charge in [0, 0.05) is 44.3 Å². The van der Waals surface area contributed by atoms with Crippen molar-refractivity contribution in [1.82, 2.24) is 19.5 Å². The van der Waals surface area contributed by atoms with Gasteiger partial charge in [-0.05, 0) is 37.1 Å². The van der Waals surface area contributed by atoms with Crippen LogP contribution in [0.25, 0.3) is 16.2 Å². The standard InChI is InChI=1S/C22H27FN6S/c1-2-11-27-12-14-28(15-13-27)22-26-29-20(24-18-5-3-4-6-18)19(25-21(29)30-22)16-7-9-17(23)10-8-16/h2,7-10,18,24H,1,3-6,11-15H2. The molecule has 0 atom stereocenters. The van der Waals surface area contributed by atoms with Crippen LogP contribution in [-0.2, 0) is 0 Å². The molecule has 1 saturated heterocycles. The van der Waals surface area contributed by atoms with Crippen LogP contribution in [0.5, 0.6) is 0 Å². The van der Waals surface area contributed by atoms with E-state index >= 15 is 0 Å². The van der Waals surface area contributed by atoms with Crippen LogP contribution in [0.4, 0.5) is 15.3 Å². The fraction of sp³-hybridized carbons (Fsp3) is 0.455. The number of nitrogens with zero attached hydrogens (tertiary/aromatic N) is 5. The number of rotatable bonds is 6. The highest BCUT2D eigenvalue weighted by Gasteiger charge is 2.25. The Balaban J connectivity index is 1.46. The Labute approximate surface area is 180 Å². The Kier molecular flexibility index (Phi) is 5.43. The molecule has 1 aliphatic carbocycles. The zero-order valence-corrected chi connectivity index (χ0v) is 17.9. The number of piperazine rings is 1. The lowest BCUT2D eigenvalue weighted by Crippen LogP contribution is -2.46. The third kappa shape index (κ3) is 3.81. The first-order chi connectivity index (χ1) is 14.7. The fourth-order valence-corrected chi connectivity index (χ4v) is 5.33. The van der Waals surface area contributed by atoms with E-state index in [1.165, 1.54) is 37.8 Å². The SMILES string of the molecule is C=CCN1CCN(c2nn3c(NC4CCCC4)c(-c4ccc(F)cc4)nc3s2)CC1. The molecule has 5 rings (SSSR count). The number of nitrogens with one attached hydrogen (secondary N) is 1.